The standard InChI is InChI=1S/C20H17FO2.C2H6/c1-14(21)23-20-9-7-15(8-10-20)5-6-16-3-2-4-17(11-16)18-12-19(22)13-18;1-2/h2-4,7-11,14,18H,12-13H2,1H3;1-2H3. The van der Waals surface area contributed by atoms with E-state index in [1.165, 1.54) is 12.5 Å². The Balaban J connectivity index is 0.00000109. The highest BCUT2D eigenvalue weighted by Crippen LogP contribution is 2.33. The number of hydrogen-bond donors (Lipinski definition) is 0. The highest BCUT2D eigenvalue weighted by Gasteiger charge is 2.27. The number of ether oxygens (including phenoxy) is 1. The third-order valence-corrected chi connectivity index (χ3v) is 3.81. The van der Waals surface area contributed by atoms with Crippen LogP contribution in [0, 0.1) is 11.8 Å². The first kappa shape index (κ1) is 18.7. The van der Waals surface area contributed by atoms with Gasteiger partial charge in [-0.2, -0.15) is 0 Å². The van der Waals surface area contributed by atoms with Gasteiger partial charge in [-0.05, 0) is 47.9 Å². The van der Waals surface area contributed by atoms with E-state index in [1.807, 2.05) is 38.1 Å². The van der Waals surface area contributed by atoms with Crippen molar-refractivity contribution in [2.24, 2.45) is 0 Å². The minimum absolute atomic E-state index is 0.330. The van der Waals surface area contributed by atoms with E-state index in [2.05, 4.69) is 11.8 Å². The summed E-state index contributed by atoms with van der Waals surface area (Å²) in [4.78, 5) is 11.1. The number of rotatable bonds is 3. The normalized spacial score (nSPS) is 14.3. The second-order valence-corrected chi connectivity index (χ2v) is 5.70. The van der Waals surface area contributed by atoms with Gasteiger partial charge in [0, 0.05) is 30.9 Å². The van der Waals surface area contributed by atoms with Crippen LogP contribution in [0.3, 0.4) is 0 Å². The number of Topliss-reactive ketones (excluding diaryl/α,β-unsaturated/α-hetero) is 1. The summed E-state index contributed by atoms with van der Waals surface area (Å²) in [6.45, 7) is 5.34. The minimum atomic E-state index is -1.33. The van der Waals surface area contributed by atoms with Crippen LogP contribution >= 0.6 is 0 Å². The predicted octanol–water partition coefficient (Wildman–Crippen LogP) is 5.25. The van der Waals surface area contributed by atoms with Crippen molar-refractivity contribution in [3.63, 3.8) is 0 Å². The predicted molar refractivity (Wildman–Crippen MR) is 98.4 cm³/mol. The van der Waals surface area contributed by atoms with Gasteiger partial charge < -0.3 is 4.74 Å². The monoisotopic (exact) mass is 338 g/mol. The Kier molecular flexibility index (Phi) is 6.77. The number of carbonyl (C=O) groups excluding carboxylic acids is 1. The highest BCUT2D eigenvalue weighted by atomic mass is 19.1. The van der Waals surface area contributed by atoms with E-state index >= 15 is 0 Å². The minimum Gasteiger partial charge on any atom is -0.461 e. The van der Waals surface area contributed by atoms with E-state index < -0.39 is 6.36 Å². The summed E-state index contributed by atoms with van der Waals surface area (Å²) >= 11 is 0. The van der Waals surface area contributed by atoms with Gasteiger partial charge in [0.2, 0.25) is 6.36 Å². The Bertz CT molecular complexity index is 759. The molecular formula is C22H23FO2. The first-order valence-corrected chi connectivity index (χ1v) is 8.64. The Labute approximate surface area is 149 Å². The molecule has 1 unspecified atom stereocenters. The Morgan fingerprint density at radius 2 is 1.68 bits per heavy atom. The Morgan fingerprint density at radius 1 is 1.04 bits per heavy atom. The van der Waals surface area contributed by atoms with Crippen molar-refractivity contribution in [1.29, 1.82) is 0 Å². The molecule has 0 saturated heterocycles. The summed E-state index contributed by atoms with van der Waals surface area (Å²) in [6.07, 6.45) is -0.0375. The fourth-order valence-corrected chi connectivity index (χ4v) is 2.54. The van der Waals surface area contributed by atoms with Crippen LogP contribution in [0.15, 0.2) is 48.5 Å². The number of alkyl halides is 1. The first-order valence-electron chi connectivity index (χ1n) is 8.64. The maximum absolute atomic E-state index is 12.7. The summed E-state index contributed by atoms with van der Waals surface area (Å²) in [7, 11) is 0. The van der Waals surface area contributed by atoms with Crippen LogP contribution < -0.4 is 4.74 Å². The molecule has 2 aromatic rings. The zero-order valence-electron chi connectivity index (χ0n) is 14.9. The lowest BCUT2D eigenvalue weighted by molar-refractivity contribution is -0.124. The van der Waals surface area contributed by atoms with Crippen molar-refractivity contribution < 1.29 is 13.9 Å². The van der Waals surface area contributed by atoms with Gasteiger partial charge in [-0.3, -0.25) is 4.79 Å². The average molecular weight is 338 g/mol. The lowest BCUT2D eigenvalue weighted by Crippen LogP contribution is -2.21. The first-order chi connectivity index (χ1) is 12.1. The maximum Gasteiger partial charge on any atom is 0.235 e. The molecular weight excluding hydrogens is 315 g/mol. The molecule has 1 atom stereocenters. The Hall–Kier alpha value is -2.60. The van der Waals surface area contributed by atoms with Gasteiger partial charge in [0.05, 0.1) is 0 Å². The second-order valence-electron chi connectivity index (χ2n) is 5.70. The zero-order valence-corrected chi connectivity index (χ0v) is 14.9. The third kappa shape index (κ3) is 5.46. The lowest BCUT2D eigenvalue weighted by Gasteiger charge is -2.24. The molecule has 1 aliphatic carbocycles. The Morgan fingerprint density at radius 3 is 2.28 bits per heavy atom. The van der Waals surface area contributed by atoms with Crippen LogP contribution in [-0.4, -0.2) is 12.1 Å². The highest BCUT2D eigenvalue weighted by molar-refractivity contribution is 5.86. The van der Waals surface area contributed by atoms with Gasteiger partial charge in [0.15, 0.2) is 0 Å². The third-order valence-electron chi connectivity index (χ3n) is 3.81. The zero-order chi connectivity index (χ0) is 18.2. The largest absolute Gasteiger partial charge is 0.461 e. The molecule has 0 aliphatic heterocycles. The smallest absolute Gasteiger partial charge is 0.235 e. The molecule has 25 heavy (non-hydrogen) atoms. The molecule has 0 spiro atoms. The van der Waals surface area contributed by atoms with Crippen molar-refractivity contribution in [2.75, 3.05) is 0 Å². The van der Waals surface area contributed by atoms with E-state index in [1.54, 1.807) is 24.3 Å². The maximum atomic E-state index is 12.7. The quantitative estimate of drug-likeness (QED) is 0.714. The lowest BCUT2D eigenvalue weighted by atomic mass is 9.78. The van der Waals surface area contributed by atoms with Gasteiger partial charge >= 0.3 is 0 Å². The molecule has 1 fully saturated rings. The van der Waals surface area contributed by atoms with E-state index in [4.69, 9.17) is 4.74 Å². The van der Waals surface area contributed by atoms with E-state index in [0.717, 1.165) is 11.1 Å². The molecule has 130 valence electrons. The second kappa shape index (κ2) is 9.03. The number of ketones is 1. The summed E-state index contributed by atoms with van der Waals surface area (Å²) in [5, 5.41) is 0. The number of benzene rings is 2. The van der Waals surface area contributed by atoms with Crippen molar-refractivity contribution in [3.8, 4) is 17.6 Å². The SMILES string of the molecule is CC.CC(F)Oc1ccc(C#Cc2cccc(C3CC(=O)C3)c2)cc1. The molecule has 2 nitrogen and oxygen atoms in total. The van der Waals surface area contributed by atoms with Crippen LogP contribution in [0.2, 0.25) is 0 Å². The van der Waals surface area contributed by atoms with Crippen molar-refractivity contribution >= 4 is 5.78 Å². The molecule has 3 rings (SSSR count). The van der Waals surface area contributed by atoms with E-state index in [-0.39, 0.29) is 0 Å². The fourth-order valence-electron chi connectivity index (χ4n) is 2.54. The van der Waals surface area contributed by atoms with Gasteiger partial charge in [0.25, 0.3) is 0 Å². The van der Waals surface area contributed by atoms with Crippen LogP contribution in [-0.2, 0) is 4.79 Å². The summed E-state index contributed by atoms with van der Waals surface area (Å²) in [5.41, 5.74) is 2.95. The molecule has 1 aliphatic rings. The average Bonchev–Trinajstić information content (AvgIpc) is 2.60. The molecule has 1 saturated carbocycles. The molecule has 3 heteroatoms. The van der Waals surface area contributed by atoms with Crippen LogP contribution in [0.5, 0.6) is 5.75 Å². The van der Waals surface area contributed by atoms with Gasteiger partial charge in [-0.25, -0.2) is 4.39 Å². The summed E-state index contributed by atoms with van der Waals surface area (Å²) < 4.78 is 17.7. The molecule has 0 bridgehead atoms. The van der Waals surface area contributed by atoms with Crippen molar-refractivity contribution in [2.45, 2.75) is 45.9 Å². The van der Waals surface area contributed by atoms with Gasteiger partial charge in [-0.15, -0.1) is 0 Å². The van der Waals surface area contributed by atoms with E-state index in [9.17, 15) is 9.18 Å². The summed E-state index contributed by atoms with van der Waals surface area (Å²) in [5.74, 6) is 7.38. The number of hydrogen-bond acceptors (Lipinski definition) is 2. The molecule has 0 amide bonds. The van der Waals surface area contributed by atoms with Gasteiger partial charge in [0.1, 0.15) is 11.5 Å². The van der Waals surface area contributed by atoms with Crippen LogP contribution in [0.4, 0.5) is 4.39 Å². The summed E-state index contributed by atoms with van der Waals surface area (Å²) in [6, 6.07) is 15.0. The molecule has 2 aromatic carbocycles. The molecule has 0 heterocycles. The fraction of sp³-hybridized carbons (Fsp3) is 0.318. The number of carbonyl (C=O) groups is 1. The topological polar surface area (TPSA) is 26.3 Å². The van der Waals surface area contributed by atoms with Crippen LogP contribution in [0.1, 0.15) is 56.2 Å². The van der Waals surface area contributed by atoms with E-state index in [0.29, 0.717) is 30.3 Å². The molecule has 0 N–H and O–H groups in total. The van der Waals surface area contributed by atoms with Gasteiger partial charge in [-0.1, -0.05) is 37.8 Å². The van der Waals surface area contributed by atoms with Crippen molar-refractivity contribution in [1.82, 2.24) is 0 Å². The van der Waals surface area contributed by atoms with Crippen molar-refractivity contribution in [3.05, 3.63) is 65.2 Å². The molecule has 0 aromatic heterocycles. The number of halogens is 1. The van der Waals surface area contributed by atoms with Crippen LogP contribution in [0.25, 0.3) is 0 Å². The molecule has 0 radical (unpaired) electrons.